The molecule has 0 unspecified atom stereocenters. The first kappa shape index (κ1) is 17.3. The highest BCUT2D eigenvalue weighted by molar-refractivity contribution is 7.45. The van der Waals surface area contributed by atoms with Crippen LogP contribution in [-0.2, 0) is 4.57 Å². The van der Waals surface area contributed by atoms with Gasteiger partial charge in [0.05, 0.1) is 0 Å². The topological polar surface area (TPSA) is 77.8 Å². The van der Waals surface area contributed by atoms with Gasteiger partial charge in [-0.05, 0) is 12.8 Å². The average molecular weight is 238 g/mol. The molecule has 0 bridgehead atoms. The Morgan fingerprint density at radius 2 is 1.47 bits per heavy atom. The fraction of sp³-hybridized carbons (Fsp3) is 0.800. The molecule has 15 heavy (non-hydrogen) atoms. The van der Waals surface area contributed by atoms with Gasteiger partial charge in [0.15, 0.2) is 0 Å². The molecule has 0 aliphatic heterocycles. The Kier molecular flexibility index (Phi) is 13.7. The Balaban J connectivity index is 0. The predicted octanol–water partition coefficient (Wildman–Crippen LogP) is 2.99. The van der Waals surface area contributed by atoms with E-state index in [0.29, 0.717) is 0 Å². The van der Waals surface area contributed by atoms with E-state index in [1.165, 1.54) is 44.9 Å². The minimum Gasteiger partial charge on any atom is -0.303 e. The third-order valence-electron chi connectivity index (χ3n) is 1.76. The van der Waals surface area contributed by atoms with Gasteiger partial charge in [-0.25, -0.2) is 4.57 Å². The van der Waals surface area contributed by atoms with Gasteiger partial charge in [0, 0.05) is 0 Å². The van der Waals surface area contributed by atoms with Crippen LogP contribution in [0.2, 0.25) is 0 Å². The molecule has 0 aliphatic carbocycles. The van der Waals surface area contributed by atoms with Crippen LogP contribution < -0.4 is 0 Å². The number of rotatable bonds is 7. The van der Waals surface area contributed by atoms with E-state index in [9.17, 15) is 0 Å². The molecular formula is C10H23O4P. The van der Waals surface area contributed by atoms with Crippen LogP contribution in [0.5, 0.6) is 0 Å². The standard InChI is InChI=1S/C10H20.H3O4P/c1-3-5-7-9-10-8-6-4-2;1-5(2,3)4/h3H,1,4-10H2,2H3;(H3,1,2,3,4). The van der Waals surface area contributed by atoms with E-state index in [0.717, 1.165) is 0 Å². The monoisotopic (exact) mass is 238 g/mol. The van der Waals surface area contributed by atoms with Crippen molar-refractivity contribution in [3.8, 4) is 0 Å². The van der Waals surface area contributed by atoms with Gasteiger partial charge in [0.2, 0.25) is 0 Å². The maximum atomic E-state index is 8.88. The minimum atomic E-state index is -4.64. The van der Waals surface area contributed by atoms with Crippen molar-refractivity contribution in [2.24, 2.45) is 0 Å². The average Bonchev–Trinajstić information content (AvgIpc) is 2.08. The highest BCUT2D eigenvalue weighted by Crippen LogP contribution is 2.25. The Labute approximate surface area is 92.3 Å². The van der Waals surface area contributed by atoms with Crippen molar-refractivity contribution in [2.75, 3.05) is 0 Å². The Morgan fingerprint density at radius 3 is 1.87 bits per heavy atom. The molecule has 0 heterocycles. The number of hydrogen-bond donors (Lipinski definition) is 3. The molecule has 0 fully saturated rings. The SMILES string of the molecule is C=CCCCCCCCC.O=P(O)(O)O. The van der Waals surface area contributed by atoms with Crippen LogP contribution in [0.1, 0.15) is 51.9 Å². The van der Waals surface area contributed by atoms with Gasteiger partial charge in [-0.3, -0.25) is 0 Å². The molecule has 0 aromatic carbocycles. The van der Waals surface area contributed by atoms with Gasteiger partial charge in [0.25, 0.3) is 0 Å². The van der Waals surface area contributed by atoms with Crippen LogP contribution in [-0.4, -0.2) is 14.7 Å². The first-order valence-electron chi connectivity index (χ1n) is 5.31. The molecule has 0 aromatic rings. The number of phosphoric acid groups is 1. The van der Waals surface area contributed by atoms with Crippen LogP contribution >= 0.6 is 7.82 Å². The van der Waals surface area contributed by atoms with Crippen molar-refractivity contribution < 1.29 is 19.2 Å². The first-order chi connectivity index (χ1) is 6.91. The largest absolute Gasteiger partial charge is 0.466 e. The number of hydrogen-bond acceptors (Lipinski definition) is 1. The van der Waals surface area contributed by atoms with E-state index in [2.05, 4.69) is 13.5 Å². The molecule has 0 spiro atoms. The molecule has 4 nitrogen and oxygen atoms in total. The summed E-state index contributed by atoms with van der Waals surface area (Å²) in [4.78, 5) is 21.6. The van der Waals surface area contributed by atoms with Gasteiger partial charge in [0.1, 0.15) is 0 Å². The smallest absolute Gasteiger partial charge is 0.303 e. The van der Waals surface area contributed by atoms with Gasteiger partial charge in [-0.2, -0.15) is 0 Å². The minimum absolute atomic E-state index is 1.20. The zero-order valence-electron chi connectivity index (χ0n) is 9.43. The van der Waals surface area contributed by atoms with Crippen LogP contribution in [0.4, 0.5) is 0 Å². The van der Waals surface area contributed by atoms with Gasteiger partial charge >= 0.3 is 7.82 Å². The second-order valence-corrected chi connectivity index (χ2v) is 4.38. The lowest BCUT2D eigenvalue weighted by atomic mass is 10.1. The zero-order chi connectivity index (χ0) is 12.2. The van der Waals surface area contributed by atoms with Crippen molar-refractivity contribution >= 4 is 7.82 Å². The second-order valence-electron chi connectivity index (χ2n) is 3.36. The molecule has 3 N–H and O–H groups in total. The molecule has 0 saturated carbocycles. The third-order valence-corrected chi connectivity index (χ3v) is 1.76. The summed E-state index contributed by atoms with van der Waals surface area (Å²) >= 11 is 0. The highest BCUT2D eigenvalue weighted by Gasteiger charge is 2.00. The summed E-state index contributed by atoms with van der Waals surface area (Å²) in [5.74, 6) is 0. The van der Waals surface area contributed by atoms with Crippen molar-refractivity contribution in [3.05, 3.63) is 12.7 Å². The third kappa shape index (κ3) is 41.4. The summed E-state index contributed by atoms with van der Waals surface area (Å²) in [7, 11) is -4.64. The van der Waals surface area contributed by atoms with Gasteiger partial charge in [-0.1, -0.05) is 45.1 Å². The van der Waals surface area contributed by atoms with Crippen molar-refractivity contribution in [1.29, 1.82) is 0 Å². The lowest BCUT2D eigenvalue weighted by molar-refractivity contribution is 0.275. The maximum absolute atomic E-state index is 8.88. The van der Waals surface area contributed by atoms with E-state index in [-0.39, 0.29) is 0 Å². The molecule has 0 aromatic heterocycles. The Bertz CT molecular complexity index is 168. The van der Waals surface area contributed by atoms with E-state index in [1.54, 1.807) is 0 Å². The molecule has 0 radical (unpaired) electrons. The van der Waals surface area contributed by atoms with Gasteiger partial charge < -0.3 is 14.7 Å². The molecule has 0 saturated heterocycles. The highest BCUT2D eigenvalue weighted by atomic mass is 31.2. The summed E-state index contributed by atoms with van der Waals surface area (Å²) in [6.07, 6.45) is 11.6. The fourth-order valence-corrected chi connectivity index (χ4v) is 1.07. The normalized spacial score (nSPS) is 10.4. The van der Waals surface area contributed by atoms with Crippen LogP contribution in [0.25, 0.3) is 0 Å². The van der Waals surface area contributed by atoms with Crippen LogP contribution in [0, 0.1) is 0 Å². The van der Waals surface area contributed by atoms with E-state index >= 15 is 0 Å². The fourth-order valence-electron chi connectivity index (χ4n) is 1.07. The number of unbranched alkanes of at least 4 members (excludes halogenated alkanes) is 6. The summed E-state index contributed by atoms with van der Waals surface area (Å²) in [5.41, 5.74) is 0. The van der Waals surface area contributed by atoms with Crippen LogP contribution in [0.3, 0.4) is 0 Å². The van der Waals surface area contributed by atoms with E-state index in [1.807, 2.05) is 6.08 Å². The van der Waals surface area contributed by atoms with Crippen molar-refractivity contribution in [1.82, 2.24) is 0 Å². The van der Waals surface area contributed by atoms with Crippen molar-refractivity contribution in [2.45, 2.75) is 51.9 Å². The molecular weight excluding hydrogens is 215 g/mol. The summed E-state index contributed by atoms with van der Waals surface area (Å²) in [6.45, 7) is 5.95. The van der Waals surface area contributed by atoms with E-state index < -0.39 is 7.82 Å². The molecule has 0 rings (SSSR count). The molecule has 5 heteroatoms. The molecule has 0 atom stereocenters. The van der Waals surface area contributed by atoms with Crippen LogP contribution in [0.15, 0.2) is 12.7 Å². The molecule has 92 valence electrons. The summed E-state index contributed by atoms with van der Waals surface area (Å²) in [5, 5.41) is 0. The first-order valence-corrected chi connectivity index (χ1v) is 6.87. The number of allylic oxidation sites excluding steroid dienone is 1. The Morgan fingerprint density at radius 1 is 1.07 bits per heavy atom. The molecule has 0 amide bonds. The zero-order valence-corrected chi connectivity index (χ0v) is 10.3. The second kappa shape index (κ2) is 11.9. The Hall–Kier alpha value is -0.150. The van der Waals surface area contributed by atoms with Gasteiger partial charge in [-0.15, -0.1) is 6.58 Å². The summed E-state index contributed by atoms with van der Waals surface area (Å²) in [6, 6.07) is 0. The van der Waals surface area contributed by atoms with Crippen molar-refractivity contribution in [3.63, 3.8) is 0 Å². The lowest BCUT2D eigenvalue weighted by Gasteiger charge is -1.96. The maximum Gasteiger partial charge on any atom is 0.466 e. The molecule has 0 aliphatic rings. The lowest BCUT2D eigenvalue weighted by Crippen LogP contribution is -1.76. The summed E-state index contributed by atoms with van der Waals surface area (Å²) < 4.78 is 8.88. The van der Waals surface area contributed by atoms with E-state index in [4.69, 9.17) is 19.2 Å². The quantitative estimate of drug-likeness (QED) is 0.362. The predicted molar refractivity (Wildman–Crippen MR) is 62.5 cm³/mol.